The molecular weight excluding hydrogens is 1850 g/mol. The maximum atomic E-state index is 14.0. The van der Waals surface area contributed by atoms with Gasteiger partial charge in [0.05, 0.1) is 52.0 Å². The van der Waals surface area contributed by atoms with Crippen molar-refractivity contribution in [2.45, 2.75) is 153 Å². The van der Waals surface area contributed by atoms with E-state index in [0.29, 0.717) is 208 Å². The van der Waals surface area contributed by atoms with Crippen LogP contribution in [0.5, 0.6) is 0 Å². The first-order valence-electron chi connectivity index (χ1n) is 48.9. The number of hydrogen-bond acceptors (Lipinski definition) is 25. The minimum atomic E-state index is -1.01. The Morgan fingerprint density at radius 2 is 0.937 bits per heavy atom. The van der Waals surface area contributed by atoms with Gasteiger partial charge in [0.15, 0.2) is 5.82 Å². The molecule has 2 unspecified atom stereocenters. The number of benzene rings is 8. The first-order chi connectivity index (χ1) is 69.1. The summed E-state index contributed by atoms with van der Waals surface area (Å²) in [6.07, 6.45) is 14.0. The second-order valence-corrected chi connectivity index (χ2v) is 36.9. The van der Waals surface area contributed by atoms with Gasteiger partial charge in [-0.05, 0) is 215 Å². The predicted octanol–water partition coefficient (Wildman–Crippen LogP) is 10.9. The number of aromatic amines is 1. The van der Waals surface area contributed by atoms with Gasteiger partial charge in [0, 0.05) is 186 Å². The standard InChI is InChI=1S/C52H58F2N10O7.C32H36F2N6O4.C20H26N4O4/c53-34-26-33(27-35(54)29-34)25-32-9-12-41-40(28-32)48(61-60-41)59-49(67)38-11-10-37(30-43(38)57-36-15-23-71-24-16-36)63-21-19-62(20-22-63)31-46(66)56-18-5-3-1-2-4-17-55-42-8-6-7-39-47(42)52(70)64(51(39)69)44-13-14-45(65)58-50(44)68;33-22-14-21(15-23(34)17-22)13-20-1-4-28(35)27(16-20)31(36)38-32(43)26-3-2-25(18-29(26)37-24-5-11-44-12-6-24)40-9-7-39(8-10-40)19-30(41)42;21-11-4-2-1-3-5-12-22-14-8-6-7-13-17(14)20(28)24(19(13)27)15-9-10-16(25)23-18(15)26/h6-12,26-30,36,44,55,57H,1-5,13-25,31H2,(H,56,66)(H,58,65,68)(H2,59,60,61,67);1-4,14-18,24,37H,5-13,19,35H2,(H,41,42)(H2,36,38,43);6-8,15,22H,1-5,9-12,21H2,(H,23,25,26). The number of H-pyrrole nitrogens is 1. The molecule has 9 heterocycles. The Balaban J connectivity index is 0.000000181. The van der Waals surface area contributed by atoms with E-state index in [9.17, 15) is 75.1 Å². The van der Waals surface area contributed by atoms with E-state index in [1.54, 1.807) is 60.7 Å². The van der Waals surface area contributed by atoms with Crippen LogP contribution in [-0.4, -0.2) is 254 Å². The molecule has 6 fully saturated rings. The number of carbonyl (C=O) groups excluding carboxylic acids is 11. The smallest absolute Gasteiger partial charge is 0.317 e. The van der Waals surface area contributed by atoms with Crippen molar-refractivity contribution in [3.8, 4) is 0 Å². The van der Waals surface area contributed by atoms with Gasteiger partial charge >= 0.3 is 5.97 Å². The van der Waals surface area contributed by atoms with Gasteiger partial charge in [0.1, 0.15) is 41.2 Å². The molecule has 39 heteroatoms. The number of nitrogens with two attached hydrogens (primary N) is 3. The number of hydrogen-bond donors (Lipinski definition) is 13. The number of piperidine rings is 2. The fraction of sp³-hybridized carbons (Fsp3) is 0.404. The van der Waals surface area contributed by atoms with Crippen LogP contribution >= 0.6 is 0 Å². The van der Waals surface area contributed by atoms with Crippen molar-refractivity contribution >= 4 is 133 Å². The second-order valence-electron chi connectivity index (χ2n) is 36.9. The Kier molecular flexibility index (Phi) is 35.1. The number of ether oxygens (including phenoxy) is 2. The molecule has 0 bridgehead atoms. The number of rotatable bonds is 37. The van der Waals surface area contributed by atoms with Gasteiger partial charge in [-0.15, -0.1) is 0 Å². The van der Waals surface area contributed by atoms with Crippen molar-refractivity contribution in [3.63, 3.8) is 0 Å². The van der Waals surface area contributed by atoms with Gasteiger partial charge < -0.3 is 73.5 Å². The van der Waals surface area contributed by atoms with Crippen molar-refractivity contribution in [2.24, 2.45) is 16.5 Å². The minimum absolute atomic E-state index is 0.00798. The van der Waals surface area contributed by atoms with E-state index >= 15 is 0 Å². The third-order valence-corrected chi connectivity index (χ3v) is 26.6. The van der Waals surface area contributed by atoms with Gasteiger partial charge in [0.25, 0.3) is 35.4 Å². The van der Waals surface area contributed by atoms with Crippen molar-refractivity contribution in [2.75, 3.05) is 160 Å². The highest BCUT2D eigenvalue weighted by molar-refractivity contribution is 6.27. The van der Waals surface area contributed by atoms with Gasteiger partial charge in [-0.1, -0.05) is 62.8 Å². The van der Waals surface area contributed by atoms with Crippen LogP contribution in [0.15, 0.2) is 151 Å². The molecule has 0 saturated carbocycles. The van der Waals surface area contributed by atoms with Crippen LogP contribution in [0.1, 0.15) is 206 Å². The highest BCUT2D eigenvalue weighted by Crippen LogP contribution is 2.38. The number of piperazine rings is 2. The molecule has 11 amide bonds. The predicted molar refractivity (Wildman–Crippen MR) is 532 cm³/mol. The van der Waals surface area contributed by atoms with Crippen LogP contribution in [-0.2, 0) is 51.1 Å². The Hall–Kier alpha value is -14.5. The van der Waals surface area contributed by atoms with E-state index in [1.807, 2.05) is 53.4 Å². The Morgan fingerprint density at radius 1 is 0.476 bits per heavy atom. The highest BCUT2D eigenvalue weighted by Gasteiger charge is 2.48. The summed E-state index contributed by atoms with van der Waals surface area (Å²) in [6.45, 7) is 10.8. The Labute approximate surface area is 823 Å². The Morgan fingerprint density at radius 3 is 1.43 bits per heavy atom. The molecule has 16 N–H and O–H groups in total. The topological polar surface area (TPSA) is 478 Å². The number of halogens is 4. The lowest BCUT2D eigenvalue weighted by Crippen LogP contribution is -2.54. The summed E-state index contributed by atoms with van der Waals surface area (Å²) in [5, 5.41) is 41.3. The zero-order valence-corrected chi connectivity index (χ0v) is 79.5. The van der Waals surface area contributed by atoms with Crippen LogP contribution in [0, 0.1) is 23.3 Å². The van der Waals surface area contributed by atoms with Crippen LogP contribution in [0.4, 0.5) is 63.2 Å². The summed E-state index contributed by atoms with van der Waals surface area (Å²) in [6, 6.07) is 37.0. The number of unbranched alkanes of at least 4 members (excludes halogenated alkanes) is 8. The normalized spacial score (nSPS) is 17.6. The zero-order valence-electron chi connectivity index (χ0n) is 79.5. The number of carboxylic acids is 1. The number of nitrogens with one attached hydrogen (secondary N) is 9. The second kappa shape index (κ2) is 48.8. The molecule has 8 aliphatic rings. The van der Waals surface area contributed by atoms with Crippen LogP contribution in [0.2, 0.25) is 0 Å². The molecule has 2 atom stereocenters. The first kappa shape index (κ1) is 103. The molecule has 6 saturated heterocycles. The lowest BCUT2D eigenvalue weighted by atomic mass is 10.0. The molecule has 754 valence electrons. The molecule has 9 aromatic rings. The first-order valence-corrected chi connectivity index (χ1v) is 48.9. The number of carbonyl (C=O) groups is 12. The molecule has 143 heavy (non-hydrogen) atoms. The molecule has 35 nitrogen and oxygen atoms in total. The van der Waals surface area contributed by atoms with Crippen LogP contribution in [0.25, 0.3) is 10.9 Å². The summed E-state index contributed by atoms with van der Waals surface area (Å²) in [4.78, 5) is 166. The van der Waals surface area contributed by atoms with E-state index in [0.717, 1.165) is 129 Å². The summed E-state index contributed by atoms with van der Waals surface area (Å²) in [5.41, 5.74) is 28.0. The van der Waals surface area contributed by atoms with E-state index in [-0.39, 0.29) is 85.4 Å². The molecule has 8 aliphatic heterocycles. The van der Waals surface area contributed by atoms with Crippen molar-refractivity contribution in [1.82, 2.24) is 45.7 Å². The number of anilines is 8. The van der Waals surface area contributed by atoms with Crippen molar-refractivity contribution in [1.29, 1.82) is 0 Å². The number of aromatic nitrogens is 2. The number of nitrogens with zero attached hydrogens (tertiary/aromatic N) is 8. The molecule has 17 rings (SSSR count). The average Bonchev–Trinajstić information content (AvgIpc) is 1.60. The lowest BCUT2D eigenvalue weighted by molar-refractivity contribution is -0.139. The molecule has 8 aromatic carbocycles. The van der Waals surface area contributed by atoms with Gasteiger partial charge in [-0.2, -0.15) is 10.1 Å². The number of imide groups is 4. The van der Waals surface area contributed by atoms with Crippen molar-refractivity contribution in [3.05, 3.63) is 230 Å². The molecule has 0 spiro atoms. The quantitative estimate of drug-likeness (QED) is 0.00429. The summed E-state index contributed by atoms with van der Waals surface area (Å²) < 4.78 is 66.3. The van der Waals surface area contributed by atoms with Gasteiger partial charge in [-0.25, -0.2) is 17.6 Å². The van der Waals surface area contributed by atoms with Crippen LogP contribution < -0.4 is 69.5 Å². The van der Waals surface area contributed by atoms with Gasteiger partial charge in [0.2, 0.25) is 29.5 Å². The summed E-state index contributed by atoms with van der Waals surface area (Å²) in [5.74, 6) is -8.16. The average molecular weight is 1970 g/mol. The van der Waals surface area contributed by atoms with Gasteiger partial charge in [-0.3, -0.25) is 92.9 Å². The number of nitrogen functional groups attached to an aromatic ring is 1. The fourth-order valence-corrected chi connectivity index (χ4v) is 19.1. The largest absolute Gasteiger partial charge is 0.480 e. The monoisotopic (exact) mass is 1960 g/mol. The van der Waals surface area contributed by atoms with E-state index in [2.05, 4.69) is 72.4 Å². The van der Waals surface area contributed by atoms with E-state index in [4.69, 9.17) is 31.8 Å². The number of fused-ring (bicyclic) bond motifs is 3. The fourth-order valence-electron chi connectivity index (χ4n) is 19.1. The highest BCUT2D eigenvalue weighted by atomic mass is 19.1. The summed E-state index contributed by atoms with van der Waals surface area (Å²) >= 11 is 0. The Bertz CT molecular complexity index is 6210. The zero-order chi connectivity index (χ0) is 101. The number of aliphatic carboxylic acids is 1. The third-order valence-electron chi connectivity index (χ3n) is 26.6. The number of amidine groups is 1. The molecule has 0 radical (unpaired) electrons. The minimum Gasteiger partial charge on any atom is -0.480 e. The molecule has 0 aliphatic carbocycles. The number of aliphatic imine (C=N–C) groups is 1. The molecular formula is C104H120F4N20O15. The summed E-state index contributed by atoms with van der Waals surface area (Å²) in [7, 11) is 0. The van der Waals surface area contributed by atoms with Crippen molar-refractivity contribution < 1.29 is 89.7 Å². The van der Waals surface area contributed by atoms with E-state index in [1.165, 1.54) is 24.3 Å². The van der Waals surface area contributed by atoms with Crippen LogP contribution in [0.3, 0.4) is 0 Å². The third kappa shape index (κ3) is 26.8. The SMILES string of the molecule is NC(=NC(=O)c1ccc(N2CCN(CC(=O)O)CC2)cc1NC1CCOCC1)c1cc(Cc2cc(F)cc(F)c2)ccc1N.NCCCCCCCNc1cccc2c1C(=O)N(C1CCC(=O)NC1=O)C2=O.O=C(CN1CCN(c2ccc(C(=O)Nc3n[nH]c4ccc(Cc5cc(F)cc(F)c5)cc34)c(NC3CCOCC3)c2)CC1)NCCCCCCCNc1cccc2c1C(=O)N(C1CCC(=O)NC1=O)C2=O. The molecule has 1 aromatic heterocycles. The number of carboxylic acid groups (broad SMARTS) is 1. The lowest BCUT2D eigenvalue weighted by Gasteiger charge is -2.36. The number of amides is 11. The maximum Gasteiger partial charge on any atom is 0.317 e. The van der Waals surface area contributed by atoms with E-state index < -0.39 is 88.6 Å². The maximum absolute atomic E-state index is 14.0.